The fourth-order valence-corrected chi connectivity index (χ4v) is 4.22. The van der Waals surface area contributed by atoms with Gasteiger partial charge in [0, 0.05) is 38.5 Å². The van der Waals surface area contributed by atoms with Crippen molar-refractivity contribution in [3.05, 3.63) is 47.3 Å². The molecule has 186 valence electrons. The third kappa shape index (κ3) is 6.85. The van der Waals surface area contributed by atoms with Crippen molar-refractivity contribution >= 4 is 11.9 Å². The Labute approximate surface area is 200 Å². The highest BCUT2D eigenvalue weighted by Gasteiger charge is 2.28. The number of hydrogen-bond donors (Lipinski definition) is 2. The van der Waals surface area contributed by atoms with Crippen LogP contribution in [0.3, 0.4) is 0 Å². The molecule has 2 aromatic rings. The van der Waals surface area contributed by atoms with E-state index in [4.69, 9.17) is 4.74 Å². The number of amides is 1. The molecule has 34 heavy (non-hydrogen) atoms. The molecule has 10 heteroatoms. The highest BCUT2D eigenvalue weighted by Crippen LogP contribution is 2.19. The number of fused-ring (bicyclic) bond motifs is 2. The monoisotopic (exact) mass is 473 g/mol. The van der Waals surface area contributed by atoms with Crippen LogP contribution < -0.4 is 0 Å². The van der Waals surface area contributed by atoms with Crippen molar-refractivity contribution in [2.75, 3.05) is 26.7 Å². The quantitative estimate of drug-likeness (QED) is 0.623. The summed E-state index contributed by atoms with van der Waals surface area (Å²) < 4.78 is 7.99. The molecule has 0 saturated heterocycles. The summed E-state index contributed by atoms with van der Waals surface area (Å²) in [7, 11) is 1.92. The Balaban J connectivity index is 1.79. The van der Waals surface area contributed by atoms with Gasteiger partial charge in [0.25, 0.3) is 0 Å². The van der Waals surface area contributed by atoms with Gasteiger partial charge in [-0.15, -0.1) is 5.10 Å². The van der Waals surface area contributed by atoms with Gasteiger partial charge in [0.1, 0.15) is 5.69 Å². The van der Waals surface area contributed by atoms with Gasteiger partial charge in [-0.3, -0.25) is 14.4 Å². The maximum absolute atomic E-state index is 13.0. The first-order valence-corrected chi connectivity index (χ1v) is 11.7. The number of aromatic carboxylic acids is 1. The molecule has 1 amide bonds. The molecule has 0 spiro atoms. The third-order valence-corrected chi connectivity index (χ3v) is 6.22. The first kappa shape index (κ1) is 25.8. The van der Waals surface area contributed by atoms with Crippen LogP contribution in [0.5, 0.6) is 0 Å². The first-order chi connectivity index (χ1) is 16.3. The van der Waals surface area contributed by atoms with Crippen molar-refractivity contribution in [2.45, 2.75) is 58.5 Å². The number of aromatic nitrogens is 3. The van der Waals surface area contributed by atoms with Crippen LogP contribution in [0.2, 0.25) is 0 Å². The Morgan fingerprint density at radius 2 is 2.12 bits per heavy atom. The zero-order valence-electron chi connectivity index (χ0n) is 20.1. The second kappa shape index (κ2) is 12.0. The van der Waals surface area contributed by atoms with E-state index >= 15 is 0 Å². The summed E-state index contributed by atoms with van der Waals surface area (Å²) in [5.41, 5.74) is 1.73. The molecular formula is C24H35N5O5. The van der Waals surface area contributed by atoms with E-state index in [0.717, 1.165) is 11.3 Å². The molecule has 0 saturated carbocycles. The van der Waals surface area contributed by atoms with E-state index in [9.17, 15) is 19.8 Å². The van der Waals surface area contributed by atoms with Gasteiger partial charge in [0.2, 0.25) is 5.91 Å². The summed E-state index contributed by atoms with van der Waals surface area (Å²) >= 11 is 0. The first-order valence-electron chi connectivity index (χ1n) is 11.7. The number of carboxylic acids is 1. The van der Waals surface area contributed by atoms with Gasteiger partial charge in [0.15, 0.2) is 0 Å². The highest BCUT2D eigenvalue weighted by atomic mass is 16.5. The summed E-state index contributed by atoms with van der Waals surface area (Å²) in [6, 6.07) is 6.67. The number of likely N-dealkylation sites (N-methyl/N-ethyl adjacent to an activating group) is 1. The summed E-state index contributed by atoms with van der Waals surface area (Å²) in [4.78, 5) is 28.3. The smallest absolute Gasteiger partial charge is 0.336 e. The Morgan fingerprint density at radius 1 is 1.35 bits per heavy atom. The molecule has 10 nitrogen and oxygen atoms in total. The second-order valence-corrected chi connectivity index (χ2v) is 9.14. The van der Waals surface area contributed by atoms with E-state index in [2.05, 4.69) is 10.3 Å². The van der Waals surface area contributed by atoms with Crippen LogP contribution in [0, 0.1) is 5.92 Å². The molecule has 2 N–H and O–H groups in total. The number of benzene rings is 1. The van der Waals surface area contributed by atoms with E-state index in [-0.39, 0.29) is 42.7 Å². The molecule has 3 rings (SSSR count). The second-order valence-electron chi connectivity index (χ2n) is 9.14. The van der Waals surface area contributed by atoms with Gasteiger partial charge in [-0.25, -0.2) is 4.79 Å². The van der Waals surface area contributed by atoms with Crippen LogP contribution >= 0.6 is 0 Å². The standard InChI is InChI=1S/C24H35N5O5/c1-17-11-29(18(2)15-30)23(31)9-6-10-28-13-20(25-26-28)16-34-22(17)14-27(3)12-19-7-4-5-8-21(19)24(32)33/h4-5,7-8,13,17-18,22,30H,6,9-12,14-16H2,1-3H3,(H,32,33)/t17-,18+,22-/m1/s1. The number of nitrogens with zero attached hydrogens (tertiary/aromatic N) is 5. The number of aliphatic hydroxyl groups excluding tert-OH is 1. The van der Waals surface area contributed by atoms with Gasteiger partial charge in [-0.2, -0.15) is 0 Å². The predicted octanol–water partition coefficient (Wildman–Crippen LogP) is 1.63. The topological polar surface area (TPSA) is 121 Å². The van der Waals surface area contributed by atoms with Crippen molar-refractivity contribution in [1.82, 2.24) is 24.8 Å². The number of carbonyl (C=O) groups excluding carboxylic acids is 1. The molecule has 2 bridgehead atoms. The molecule has 0 radical (unpaired) electrons. The van der Waals surface area contributed by atoms with Crippen LogP contribution in [0.4, 0.5) is 0 Å². The molecule has 3 atom stereocenters. The van der Waals surface area contributed by atoms with E-state index in [1.807, 2.05) is 44.1 Å². The van der Waals surface area contributed by atoms with Gasteiger partial charge in [0.05, 0.1) is 37.1 Å². The zero-order valence-corrected chi connectivity index (χ0v) is 20.1. The van der Waals surface area contributed by atoms with Crippen LogP contribution in [-0.2, 0) is 29.2 Å². The van der Waals surface area contributed by atoms with Gasteiger partial charge in [-0.1, -0.05) is 30.3 Å². The largest absolute Gasteiger partial charge is 0.478 e. The molecule has 1 aliphatic rings. The van der Waals surface area contributed by atoms with Gasteiger partial charge >= 0.3 is 5.97 Å². The van der Waals surface area contributed by atoms with E-state index in [1.54, 1.807) is 21.7 Å². The lowest BCUT2D eigenvalue weighted by Gasteiger charge is -2.35. The molecule has 0 aliphatic carbocycles. The van der Waals surface area contributed by atoms with Crippen molar-refractivity contribution in [1.29, 1.82) is 0 Å². The maximum Gasteiger partial charge on any atom is 0.336 e. The Hall–Kier alpha value is -2.82. The molecule has 0 unspecified atom stereocenters. The summed E-state index contributed by atoms with van der Waals surface area (Å²) in [5, 5.41) is 27.5. The lowest BCUT2D eigenvalue weighted by Crippen LogP contribution is -2.47. The fourth-order valence-electron chi connectivity index (χ4n) is 4.22. The number of carbonyl (C=O) groups is 2. The predicted molar refractivity (Wildman–Crippen MR) is 125 cm³/mol. The molecule has 1 aromatic carbocycles. The number of aliphatic hydroxyl groups is 1. The van der Waals surface area contributed by atoms with Crippen molar-refractivity contribution in [3.63, 3.8) is 0 Å². The van der Waals surface area contributed by atoms with Crippen LogP contribution in [0.1, 0.15) is 48.3 Å². The highest BCUT2D eigenvalue weighted by molar-refractivity contribution is 5.89. The Kier molecular flexibility index (Phi) is 9.14. The average molecular weight is 474 g/mol. The van der Waals surface area contributed by atoms with Crippen molar-refractivity contribution in [3.8, 4) is 0 Å². The van der Waals surface area contributed by atoms with Gasteiger partial charge < -0.3 is 19.8 Å². The SMILES string of the molecule is C[C@@H]1CN([C@@H](C)CO)C(=O)CCCn2cc(nn2)CO[C@@H]1CN(C)Cc1ccccc1C(=O)O. The molecule has 1 aromatic heterocycles. The minimum Gasteiger partial charge on any atom is -0.478 e. The lowest BCUT2D eigenvalue weighted by atomic mass is 10.0. The van der Waals surface area contributed by atoms with Crippen molar-refractivity contribution < 1.29 is 24.5 Å². The number of carboxylic acid groups (broad SMARTS) is 1. The average Bonchev–Trinajstić information content (AvgIpc) is 3.26. The Bertz CT molecular complexity index is 965. The van der Waals surface area contributed by atoms with Crippen molar-refractivity contribution in [2.24, 2.45) is 5.92 Å². The van der Waals surface area contributed by atoms with E-state index in [1.165, 1.54) is 0 Å². The van der Waals surface area contributed by atoms with Crippen LogP contribution in [0.25, 0.3) is 0 Å². The van der Waals surface area contributed by atoms with Gasteiger partial charge in [-0.05, 0) is 32.0 Å². The number of aryl methyl sites for hydroxylation is 1. The molecule has 0 fully saturated rings. The summed E-state index contributed by atoms with van der Waals surface area (Å²) in [5.74, 6) is -0.993. The number of rotatable bonds is 7. The normalized spacial score (nSPS) is 21.0. The van der Waals surface area contributed by atoms with Crippen LogP contribution in [-0.4, -0.2) is 85.8 Å². The minimum absolute atomic E-state index is 0.00419. The summed E-state index contributed by atoms with van der Waals surface area (Å²) in [6.45, 7) is 6.07. The number of ether oxygens (including phenoxy) is 1. The lowest BCUT2D eigenvalue weighted by molar-refractivity contribution is -0.136. The minimum atomic E-state index is -0.953. The fraction of sp³-hybridized carbons (Fsp3) is 0.583. The Morgan fingerprint density at radius 3 is 2.85 bits per heavy atom. The molecule has 2 heterocycles. The molecule has 1 aliphatic heterocycles. The maximum atomic E-state index is 13.0. The number of hydrogen-bond acceptors (Lipinski definition) is 7. The summed E-state index contributed by atoms with van der Waals surface area (Å²) in [6.07, 6.45) is 2.59. The van der Waals surface area contributed by atoms with E-state index < -0.39 is 5.97 Å². The third-order valence-electron chi connectivity index (χ3n) is 6.22. The van der Waals surface area contributed by atoms with E-state index in [0.29, 0.717) is 39.0 Å². The zero-order chi connectivity index (χ0) is 24.7. The van der Waals surface area contributed by atoms with Crippen LogP contribution in [0.15, 0.2) is 30.5 Å². The molecular weight excluding hydrogens is 438 g/mol.